The van der Waals surface area contributed by atoms with Crippen LogP contribution in [-0.4, -0.2) is 36.4 Å². The minimum atomic E-state index is -0.769. The number of aliphatic hydroxyl groups excluding tert-OH is 1. The van der Waals surface area contributed by atoms with Crippen LogP contribution in [0.4, 0.5) is 0 Å². The van der Waals surface area contributed by atoms with Gasteiger partial charge in [-0.1, -0.05) is 122 Å². The van der Waals surface area contributed by atoms with Gasteiger partial charge in [0.05, 0.1) is 6.61 Å². The van der Waals surface area contributed by atoms with Crippen LogP contribution in [0.5, 0.6) is 0 Å². The number of unbranched alkanes of at least 4 members (excludes halogenated alkanes) is 16. The fraction of sp³-hybridized carbons (Fsp3) is 0.818. The van der Waals surface area contributed by atoms with Crippen LogP contribution in [0.3, 0.4) is 0 Å². The molecule has 0 aliphatic carbocycles. The number of carbonyl (C=O) groups is 2. The Bertz CT molecular complexity index is 584. The summed E-state index contributed by atoms with van der Waals surface area (Å²) in [7, 11) is 0. The molecule has 222 valence electrons. The van der Waals surface area contributed by atoms with Gasteiger partial charge in [0.2, 0.25) is 0 Å². The largest absolute Gasteiger partial charge is 0.462 e. The second-order valence-electron chi connectivity index (χ2n) is 10.5. The standard InChI is InChI=1S/C33H60O5/c1-3-5-7-9-11-13-14-15-16-17-18-20-21-23-25-27-32(35)37-30-31(29-34)38-33(36)28-26-24-22-19-12-10-8-6-4-2/h11,13,15-16,31,34H,3-10,12,14,17-30H2,1-2H3. The number of rotatable bonds is 28. The molecule has 38 heavy (non-hydrogen) atoms. The van der Waals surface area contributed by atoms with Gasteiger partial charge in [-0.3, -0.25) is 9.59 Å². The summed E-state index contributed by atoms with van der Waals surface area (Å²) in [6.45, 7) is 4.06. The fourth-order valence-corrected chi connectivity index (χ4v) is 4.29. The maximum Gasteiger partial charge on any atom is 0.306 e. The summed E-state index contributed by atoms with van der Waals surface area (Å²) in [5.74, 6) is -0.610. The zero-order valence-corrected chi connectivity index (χ0v) is 24.9. The van der Waals surface area contributed by atoms with Crippen LogP contribution < -0.4 is 0 Å². The molecule has 0 saturated carbocycles. The highest BCUT2D eigenvalue weighted by molar-refractivity contribution is 5.70. The third-order valence-electron chi connectivity index (χ3n) is 6.75. The van der Waals surface area contributed by atoms with Crippen molar-refractivity contribution in [2.45, 2.75) is 161 Å². The van der Waals surface area contributed by atoms with E-state index in [1.54, 1.807) is 0 Å². The molecule has 0 radical (unpaired) electrons. The molecule has 1 N–H and O–H groups in total. The first kappa shape index (κ1) is 36.4. The van der Waals surface area contributed by atoms with E-state index in [0.717, 1.165) is 51.4 Å². The molecule has 0 aromatic rings. The molecule has 0 amide bonds. The first-order valence-corrected chi connectivity index (χ1v) is 15.9. The van der Waals surface area contributed by atoms with Crippen molar-refractivity contribution in [2.75, 3.05) is 13.2 Å². The van der Waals surface area contributed by atoms with Crippen molar-refractivity contribution in [1.82, 2.24) is 0 Å². The SMILES string of the molecule is CCCCCC=CCC=CCCCCCCCC(=O)OCC(CO)OC(=O)CCCCCCCCCCC. The van der Waals surface area contributed by atoms with Crippen molar-refractivity contribution in [3.8, 4) is 0 Å². The number of carbonyl (C=O) groups excluding carboxylic acids is 2. The Labute approximate surface area is 234 Å². The highest BCUT2D eigenvalue weighted by atomic mass is 16.6. The molecule has 0 aliphatic heterocycles. The lowest BCUT2D eigenvalue weighted by Gasteiger charge is -2.15. The molecule has 0 rings (SSSR count). The predicted molar refractivity (Wildman–Crippen MR) is 159 cm³/mol. The second-order valence-corrected chi connectivity index (χ2v) is 10.5. The van der Waals surface area contributed by atoms with Gasteiger partial charge in [-0.15, -0.1) is 0 Å². The second kappa shape index (κ2) is 29.9. The average molecular weight is 537 g/mol. The topological polar surface area (TPSA) is 72.8 Å². The fourth-order valence-electron chi connectivity index (χ4n) is 4.29. The van der Waals surface area contributed by atoms with E-state index in [9.17, 15) is 14.7 Å². The molecule has 0 fully saturated rings. The average Bonchev–Trinajstić information content (AvgIpc) is 2.92. The number of ether oxygens (including phenoxy) is 2. The van der Waals surface area contributed by atoms with Crippen molar-refractivity contribution >= 4 is 11.9 Å². The van der Waals surface area contributed by atoms with Gasteiger partial charge < -0.3 is 14.6 Å². The first-order chi connectivity index (χ1) is 18.6. The van der Waals surface area contributed by atoms with Crippen LogP contribution in [-0.2, 0) is 19.1 Å². The number of hydrogen-bond donors (Lipinski definition) is 1. The zero-order valence-electron chi connectivity index (χ0n) is 24.9. The van der Waals surface area contributed by atoms with E-state index in [4.69, 9.17) is 9.47 Å². The normalized spacial score (nSPS) is 12.4. The number of aliphatic hydroxyl groups is 1. The molecule has 0 heterocycles. The van der Waals surface area contributed by atoms with E-state index < -0.39 is 6.10 Å². The molecule has 0 aromatic heterocycles. The van der Waals surface area contributed by atoms with Crippen molar-refractivity contribution in [3.05, 3.63) is 24.3 Å². The number of esters is 2. The Morgan fingerprint density at radius 1 is 0.605 bits per heavy atom. The quantitative estimate of drug-likeness (QED) is 0.0613. The maximum atomic E-state index is 12.0. The van der Waals surface area contributed by atoms with E-state index in [-0.39, 0.29) is 25.2 Å². The van der Waals surface area contributed by atoms with Crippen LogP contribution in [0.25, 0.3) is 0 Å². The minimum absolute atomic E-state index is 0.0703. The van der Waals surface area contributed by atoms with Crippen molar-refractivity contribution < 1.29 is 24.2 Å². The molecular formula is C33H60O5. The van der Waals surface area contributed by atoms with E-state index in [1.807, 2.05) is 0 Å². The van der Waals surface area contributed by atoms with Gasteiger partial charge in [0.1, 0.15) is 6.61 Å². The number of allylic oxidation sites excluding steroid dienone is 4. The third-order valence-corrected chi connectivity index (χ3v) is 6.75. The van der Waals surface area contributed by atoms with Gasteiger partial charge >= 0.3 is 11.9 Å². The van der Waals surface area contributed by atoms with Crippen molar-refractivity contribution in [3.63, 3.8) is 0 Å². The van der Waals surface area contributed by atoms with Gasteiger partial charge in [0.15, 0.2) is 6.10 Å². The molecule has 1 unspecified atom stereocenters. The molecule has 0 spiro atoms. The van der Waals surface area contributed by atoms with Gasteiger partial charge in [0.25, 0.3) is 0 Å². The van der Waals surface area contributed by atoms with Gasteiger partial charge in [-0.05, 0) is 44.9 Å². The molecule has 5 heteroatoms. The monoisotopic (exact) mass is 536 g/mol. The lowest BCUT2D eigenvalue weighted by atomic mass is 10.1. The molecule has 0 aliphatic rings. The van der Waals surface area contributed by atoms with E-state index in [0.29, 0.717) is 12.8 Å². The Morgan fingerprint density at radius 2 is 1.05 bits per heavy atom. The van der Waals surface area contributed by atoms with Crippen LogP contribution in [0, 0.1) is 0 Å². The van der Waals surface area contributed by atoms with Crippen LogP contribution in [0.2, 0.25) is 0 Å². The summed E-state index contributed by atoms with van der Waals surface area (Å²) in [6, 6.07) is 0. The zero-order chi connectivity index (χ0) is 27.9. The number of hydrogen-bond acceptors (Lipinski definition) is 5. The summed E-state index contributed by atoms with van der Waals surface area (Å²) in [4.78, 5) is 24.0. The summed E-state index contributed by atoms with van der Waals surface area (Å²) in [6.07, 6.45) is 32.3. The maximum absolute atomic E-state index is 12.0. The Balaban J connectivity index is 3.61. The lowest BCUT2D eigenvalue weighted by Crippen LogP contribution is -2.28. The highest BCUT2D eigenvalue weighted by Gasteiger charge is 2.16. The Morgan fingerprint density at radius 3 is 1.61 bits per heavy atom. The van der Waals surface area contributed by atoms with Gasteiger partial charge in [0, 0.05) is 12.8 Å². The van der Waals surface area contributed by atoms with Gasteiger partial charge in [-0.2, -0.15) is 0 Å². The van der Waals surface area contributed by atoms with E-state index >= 15 is 0 Å². The van der Waals surface area contributed by atoms with Crippen LogP contribution in [0.15, 0.2) is 24.3 Å². The molecule has 5 nitrogen and oxygen atoms in total. The molecule has 0 bridgehead atoms. The third kappa shape index (κ3) is 27.4. The molecular weight excluding hydrogens is 476 g/mol. The predicted octanol–water partition coefficient (Wildman–Crippen LogP) is 9.17. The van der Waals surface area contributed by atoms with Crippen LogP contribution >= 0.6 is 0 Å². The minimum Gasteiger partial charge on any atom is -0.462 e. The lowest BCUT2D eigenvalue weighted by molar-refractivity contribution is -0.161. The van der Waals surface area contributed by atoms with E-state index in [2.05, 4.69) is 38.2 Å². The van der Waals surface area contributed by atoms with E-state index in [1.165, 1.54) is 77.0 Å². The highest BCUT2D eigenvalue weighted by Crippen LogP contribution is 2.12. The Kier molecular flexibility index (Phi) is 28.7. The summed E-state index contributed by atoms with van der Waals surface area (Å²) < 4.78 is 10.5. The summed E-state index contributed by atoms with van der Waals surface area (Å²) in [5, 5.41) is 9.46. The van der Waals surface area contributed by atoms with Crippen molar-refractivity contribution in [1.29, 1.82) is 0 Å². The Hall–Kier alpha value is -1.62. The van der Waals surface area contributed by atoms with Crippen LogP contribution in [0.1, 0.15) is 155 Å². The molecule has 0 saturated heterocycles. The van der Waals surface area contributed by atoms with Crippen molar-refractivity contribution in [2.24, 2.45) is 0 Å². The summed E-state index contributed by atoms with van der Waals surface area (Å²) >= 11 is 0. The van der Waals surface area contributed by atoms with Gasteiger partial charge in [-0.25, -0.2) is 0 Å². The summed E-state index contributed by atoms with van der Waals surface area (Å²) in [5.41, 5.74) is 0. The smallest absolute Gasteiger partial charge is 0.306 e. The molecule has 0 aromatic carbocycles. The molecule has 1 atom stereocenters. The first-order valence-electron chi connectivity index (χ1n) is 15.9.